The lowest BCUT2D eigenvalue weighted by molar-refractivity contribution is -0.385. The van der Waals surface area contributed by atoms with Crippen molar-refractivity contribution in [2.24, 2.45) is 0 Å². The predicted molar refractivity (Wildman–Crippen MR) is 59.5 cm³/mol. The van der Waals surface area contributed by atoms with Crippen molar-refractivity contribution in [2.75, 3.05) is 0 Å². The van der Waals surface area contributed by atoms with Crippen LogP contribution in [0.3, 0.4) is 0 Å². The third-order valence-corrected chi connectivity index (χ3v) is 2.19. The van der Waals surface area contributed by atoms with Crippen LogP contribution in [-0.4, -0.2) is 4.92 Å². The van der Waals surface area contributed by atoms with E-state index < -0.39 is 28.1 Å². The number of nitro benzene ring substituents is 1. The van der Waals surface area contributed by atoms with Crippen LogP contribution in [-0.2, 0) is 0 Å². The number of ether oxygens (including phenoxy) is 1. The minimum absolute atomic E-state index is 0.253. The number of benzene rings is 2. The summed E-state index contributed by atoms with van der Waals surface area (Å²) in [4.78, 5) is 9.72. The van der Waals surface area contributed by atoms with Crippen LogP contribution < -0.4 is 4.74 Å². The van der Waals surface area contributed by atoms with Gasteiger partial charge in [-0.3, -0.25) is 10.1 Å². The molecule has 0 bridgehead atoms. The first-order chi connectivity index (χ1) is 8.95. The lowest BCUT2D eigenvalue weighted by atomic mass is 10.3. The fourth-order valence-corrected chi connectivity index (χ4v) is 1.40. The number of non-ortho nitro benzene ring substituents is 1. The molecule has 7 heteroatoms. The van der Waals surface area contributed by atoms with Crippen LogP contribution in [0.25, 0.3) is 0 Å². The number of hydrogen-bond acceptors (Lipinski definition) is 3. The normalized spacial score (nSPS) is 10.3. The molecule has 0 aliphatic heterocycles. The molecule has 0 aliphatic carbocycles. The van der Waals surface area contributed by atoms with Crippen molar-refractivity contribution < 1.29 is 22.8 Å². The van der Waals surface area contributed by atoms with Crippen molar-refractivity contribution in [3.8, 4) is 11.5 Å². The maximum atomic E-state index is 13.3. The van der Waals surface area contributed by atoms with Crippen molar-refractivity contribution >= 4 is 5.69 Å². The molecule has 0 unspecified atom stereocenters. The highest BCUT2D eigenvalue weighted by Crippen LogP contribution is 2.28. The Morgan fingerprint density at radius 3 is 2.37 bits per heavy atom. The molecular formula is C12H6F3NO3. The Hall–Kier alpha value is -2.57. The summed E-state index contributed by atoms with van der Waals surface area (Å²) in [6, 6.07) is 5.03. The molecule has 19 heavy (non-hydrogen) atoms. The first kappa shape index (κ1) is 12.9. The molecule has 2 rings (SSSR count). The predicted octanol–water partition coefficient (Wildman–Crippen LogP) is 3.80. The highest BCUT2D eigenvalue weighted by atomic mass is 19.1. The van der Waals surface area contributed by atoms with Crippen molar-refractivity contribution in [3.05, 3.63) is 64.0 Å². The first-order valence-electron chi connectivity index (χ1n) is 5.03. The topological polar surface area (TPSA) is 52.4 Å². The number of hydrogen-bond donors (Lipinski definition) is 0. The quantitative estimate of drug-likeness (QED) is 0.629. The zero-order chi connectivity index (χ0) is 14.0. The van der Waals surface area contributed by atoms with Gasteiger partial charge in [0.25, 0.3) is 5.69 Å². The molecule has 0 amide bonds. The fraction of sp³-hybridized carbons (Fsp3) is 0. The molecule has 2 aromatic carbocycles. The van der Waals surface area contributed by atoms with Crippen molar-refractivity contribution in [2.45, 2.75) is 0 Å². The Balaban J connectivity index is 2.35. The maximum Gasteiger partial charge on any atom is 0.276 e. The van der Waals surface area contributed by atoms with Gasteiger partial charge in [0.05, 0.1) is 17.1 Å². The second-order valence-electron chi connectivity index (χ2n) is 3.58. The Kier molecular flexibility index (Phi) is 3.37. The average molecular weight is 269 g/mol. The van der Waals surface area contributed by atoms with Crippen LogP contribution >= 0.6 is 0 Å². The Labute approximate surface area is 105 Å². The van der Waals surface area contributed by atoms with E-state index >= 15 is 0 Å². The SMILES string of the molecule is O=[N+]([O-])c1cc(F)cc(Oc2ccc(F)cc2F)c1. The largest absolute Gasteiger partial charge is 0.454 e. The second kappa shape index (κ2) is 4.97. The minimum atomic E-state index is -0.994. The summed E-state index contributed by atoms with van der Waals surface area (Å²) in [6.07, 6.45) is 0. The van der Waals surface area contributed by atoms with Gasteiger partial charge in [-0.1, -0.05) is 0 Å². The third-order valence-electron chi connectivity index (χ3n) is 2.19. The molecule has 0 saturated heterocycles. The monoisotopic (exact) mass is 269 g/mol. The van der Waals surface area contributed by atoms with Gasteiger partial charge >= 0.3 is 0 Å². The summed E-state index contributed by atoms with van der Waals surface area (Å²) in [6.45, 7) is 0. The molecule has 0 heterocycles. The van der Waals surface area contributed by atoms with E-state index in [-0.39, 0.29) is 11.5 Å². The van der Waals surface area contributed by atoms with Crippen LogP contribution in [0.1, 0.15) is 0 Å². The summed E-state index contributed by atoms with van der Waals surface area (Å²) in [7, 11) is 0. The van der Waals surface area contributed by atoms with Gasteiger partial charge < -0.3 is 4.74 Å². The molecule has 4 nitrogen and oxygen atoms in total. The van der Waals surface area contributed by atoms with Gasteiger partial charge in [0.1, 0.15) is 17.4 Å². The van der Waals surface area contributed by atoms with Crippen molar-refractivity contribution in [1.29, 1.82) is 0 Å². The van der Waals surface area contributed by atoms with Crippen molar-refractivity contribution in [3.63, 3.8) is 0 Å². The number of nitrogens with zero attached hydrogens (tertiary/aromatic N) is 1. The van der Waals surface area contributed by atoms with Gasteiger partial charge in [0.15, 0.2) is 11.6 Å². The van der Waals surface area contributed by atoms with E-state index in [1.165, 1.54) is 0 Å². The smallest absolute Gasteiger partial charge is 0.276 e. The van der Waals surface area contributed by atoms with Gasteiger partial charge in [0.2, 0.25) is 0 Å². The van der Waals surface area contributed by atoms with Crippen LogP contribution in [0, 0.1) is 27.6 Å². The van der Waals surface area contributed by atoms with E-state index in [9.17, 15) is 23.3 Å². The van der Waals surface area contributed by atoms with E-state index in [1.807, 2.05) is 0 Å². The molecule has 0 fully saturated rings. The molecule has 0 spiro atoms. The summed E-state index contributed by atoms with van der Waals surface area (Å²) < 4.78 is 44.0. The average Bonchev–Trinajstić information content (AvgIpc) is 2.32. The van der Waals surface area contributed by atoms with Gasteiger partial charge in [-0.25, -0.2) is 13.2 Å². The highest BCUT2D eigenvalue weighted by molar-refractivity contribution is 5.41. The minimum Gasteiger partial charge on any atom is -0.454 e. The molecule has 0 radical (unpaired) electrons. The zero-order valence-electron chi connectivity index (χ0n) is 9.27. The summed E-state index contributed by atoms with van der Waals surface area (Å²) in [5.41, 5.74) is -0.530. The first-order valence-corrected chi connectivity index (χ1v) is 5.03. The number of halogens is 3. The summed E-state index contributed by atoms with van der Waals surface area (Å²) in [5, 5.41) is 10.5. The van der Waals surface area contributed by atoms with E-state index in [1.54, 1.807) is 0 Å². The van der Waals surface area contributed by atoms with Crippen LogP contribution in [0.5, 0.6) is 11.5 Å². The van der Waals surface area contributed by atoms with Gasteiger partial charge in [-0.05, 0) is 12.1 Å². The second-order valence-corrected chi connectivity index (χ2v) is 3.58. The highest BCUT2D eigenvalue weighted by Gasteiger charge is 2.13. The lowest BCUT2D eigenvalue weighted by Gasteiger charge is -2.06. The lowest BCUT2D eigenvalue weighted by Crippen LogP contribution is -1.93. The molecule has 0 atom stereocenters. The molecule has 0 saturated carbocycles. The van der Waals surface area contributed by atoms with Gasteiger partial charge in [-0.2, -0.15) is 0 Å². The molecule has 98 valence electrons. The van der Waals surface area contributed by atoms with Crippen LogP contribution in [0.4, 0.5) is 18.9 Å². The summed E-state index contributed by atoms with van der Waals surface area (Å²) in [5.74, 6) is -3.30. The Morgan fingerprint density at radius 2 is 1.74 bits per heavy atom. The van der Waals surface area contributed by atoms with E-state index in [4.69, 9.17) is 4.74 Å². The molecule has 2 aromatic rings. The summed E-state index contributed by atoms with van der Waals surface area (Å²) >= 11 is 0. The Morgan fingerprint density at radius 1 is 1.00 bits per heavy atom. The third kappa shape index (κ3) is 3.01. The molecular weight excluding hydrogens is 263 g/mol. The standard InChI is InChI=1S/C12H6F3NO3/c13-7-1-2-12(11(15)5-7)19-10-4-8(14)3-9(6-10)16(17)18/h1-6H. The van der Waals surface area contributed by atoms with Gasteiger partial charge in [-0.15, -0.1) is 0 Å². The Bertz CT molecular complexity index is 646. The van der Waals surface area contributed by atoms with E-state index in [2.05, 4.69) is 0 Å². The van der Waals surface area contributed by atoms with Crippen LogP contribution in [0.15, 0.2) is 36.4 Å². The number of nitro groups is 1. The number of rotatable bonds is 3. The fourth-order valence-electron chi connectivity index (χ4n) is 1.40. The zero-order valence-corrected chi connectivity index (χ0v) is 9.27. The maximum absolute atomic E-state index is 13.3. The molecule has 0 aromatic heterocycles. The van der Waals surface area contributed by atoms with Gasteiger partial charge in [0, 0.05) is 12.1 Å². The van der Waals surface area contributed by atoms with E-state index in [0.717, 1.165) is 24.3 Å². The van der Waals surface area contributed by atoms with Crippen molar-refractivity contribution in [1.82, 2.24) is 0 Å². The van der Waals surface area contributed by atoms with E-state index in [0.29, 0.717) is 12.1 Å². The van der Waals surface area contributed by atoms with Crippen LogP contribution in [0.2, 0.25) is 0 Å². The molecule has 0 N–H and O–H groups in total. The molecule has 0 aliphatic rings.